The molecule has 0 radical (unpaired) electrons. The summed E-state index contributed by atoms with van der Waals surface area (Å²) in [5.41, 5.74) is 2.90. The van der Waals surface area contributed by atoms with Gasteiger partial charge in [-0.2, -0.15) is 0 Å². The van der Waals surface area contributed by atoms with Crippen LogP contribution in [0.4, 0.5) is 5.95 Å². The van der Waals surface area contributed by atoms with Crippen molar-refractivity contribution < 1.29 is 4.79 Å². The minimum Gasteiger partial charge on any atom is -0.310 e. The number of para-hydroxylation sites is 2. The van der Waals surface area contributed by atoms with Gasteiger partial charge in [0.05, 0.1) is 17.5 Å². The lowest BCUT2D eigenvalue weighted by Crippen LogP contribution is -2.17. The number of halogens is 1. The molecular formula is C17H16BrN3O. The first kappa shape index (κ1) is 14.8. The number of hydrogen-bond acceptors (Lipinski definition) is 2. The second-order valence-corrected chi connectivity index (χ2v) is 5.94. The van der Waals surface area contributed by atoms with Crippen LogP contribution in [0.15, 0.2) is 53.0 Å². The Hall–Kier alpha value is -2.14. The molecule has 0 saturated heterocycles. The number of nitrogens with one attached hydrogen (secondary N) is 1. The lowest BCUT2D eigenvalue weighted by atomic mass is 10.1. The Bertz CT molecular complexity index is 808. The molecule has 3 aromatic rings. The third kappa shape index (κ3) is 3.04. The monoisotopic (exact) mass is 357 g/mol. The highest BCUT2D eigenvalue weighted by Gasteiger charge is 2.12. The Labute approximate surface area is 137 Å². The normalized spacial score (nSPS) is 10.8. The van der Waals surface area contributed by atoms with Gasteiger partial charge in [0.15, 0.2) is 0 Å². The Morgan fingerprint density at radius 1 is 1.18 bits per heavy atom. The predicted molar refractivity (Wildman–Crippen MR) is 91.9 cm³/mol. The van der Waals surface area contributed by atoms with Crippen LogP contribution in [0, 0.1) is 0 Å². The van der Waals surface area contributed by atoms with Crippen molar-refractivity contribution in [3.8, 4) is 0 Å². The predicted octanol–water partition coefficient (Wildman–Crippen LogP) is 4.00. The van der Waals surface area contributed by atoms with Crippen LogP contribution in [-0.4, -0.2) is 15.5 Å². The van der Waals surface area contributed by atoms with Gasteiger partial charge in [0, 0.05) is 11.0 Å². The molecule has 0 saturated carbocycles. The maximum atomic E-state index is 12.2. The fourth-order valence-corrected chi connectivity index (χ4v) is 2.71. The van der Waals surface area contributed by atoms with Gasteiger partial charge in [0.1, 0.15) is 0 Å². The van der Waals surface area contributed by atoms with Crippen LogP contribution in [-0.2, 0) is 17.8 Å². The highest BCUT2D eigenvalue weighted by molar-refractivity contribution is 9.10. The molecule has 0 spiro atoms. The number of aryl methyl sites for hydroxylation is 1. The maximum absolute atomic E-state index is 12.2. The highest BCUT2D eigenvalue weighted by atomic mass is 79.9. The molecule has 1 heterocycles. The number of amides is 1. The van der Waals surface area contributed by atoms with Crippen molar-refractivity contribution >= 4 is 38.8 Å². The van der Waals surface area contributed by atoms with Gasteiger partial charge in [0.2, 0.25) is 11.9 Å². The Kier molecular flexibility index (Phi) is 4.24. The number of aromatic nitrogens is 2. The zero-order chi connectivity index (χ0) is 15.5. The third-order valence-electron chi connectivity index (χ3n) is 3.50. The molecule has 1 aromatic heterocycles. The number of imidazole rings is 1. The number of benzene rings is 2. The molecule has 0 bridgehead atoms. The first-order chi connectivity index (χ1) is 10.7. The fourth-order valence-electron chi connectivity index (χ4n) is 2.45. The van der Waals surface area contributed by atoms with E-state index in [-0.39, 0.29) is 5.91 Å². The third-order valence-corrected chi connectivity index (χ3v) is 4.03. The standard InChI is InChI=1S/C17H16BrN3O/c1-2-21-15-6-4-3-5-14(15)19-17(21)20-16(22)11-12-7-9-13(18)10-8-12/h3-10H,2,11H2,1H3,(H,19,20,22). The SMILES string of the molecule is CCn1c(NC(=O)Cc2ccc(Br)cc2)nc2ccccc21. The molecule has 112 valence electrons. The van der Waals surface area contributed by atoms with Crippen LogP contribution < -0.4 is 5.32 Å². The van der Waals surface area contributed by atoms with Gasteiger partial charge >= 0.3 is 0 Å². The van der Waals surface area contributed by atoms with E-state index in [9.17, 15) is 4.79 Å². The molecule has 1 N–H and O–H groups in total. The van der Waals surface area contributed by atoms with E-state index in [1.165, 1.54) is 0 Å². The van der Waals surface area contributed by atoms with Crippen molar-refractivity contribution in [2.24, 2.45) is 0 Å². The number of anilines is 1. The smallest absolute Gasteiger partial charge is 0.231 e. The van der Waals surface area contributed by atoms with E-state index in [1.54, 1.807) is 0 Å². The summed E-state index contributed by atoms with van der Waals surface area (Å²) in [4.78, 5) is 16.7. The Balaban J connectivity index is 1.80. The van der Waals surface area contributed by atoms with Gasteiger partial charge in [-0.15, -0.1) is 0 Å². The largest absolute Gasteiger partial charge is 0.310 e. The first-order valence-electron chi connectivity index (χ1n) is 7.17. The van der Waals surface area contributed by atoms with E-state index >= 15 is 0 Å². The number of carbonyl (C=O) groups excluding carboxylic acids is 1. The number of rotatable bonds is 4. The molecule has 2 aromatic carbocycles. The van der Waals surface area contributed by atoms with Gasteiger partial charge in [0.25, 0.3) is 0 Å². The summed E-state index contributed by atoms with van der Waals surface area (Å²) in [6.45, 7) is 2.80. The van der Waals surface area contributed by atoms with Gasteiger partial charge in [-0.3, -0.25) is 10.1 Å². The van der Waals surface area contributed by atoms with Crippen molar-refractivity contribution in [2.45, 2.75) is 19.9 Å². The molecule has 4 nitrogen and oxygen atoms in total. The minimum absolute atomic E-state index is 0.0627. The molecular weight excluding hydrogens is 342 g/mol. The molecule has 0 fully saturated rings. The molecule has 0 aliphatic heterocycles. The van der Waals surface area contributed by atoms with E-state index in [4.69, 9.17) is 0 Å². The molecule has 0 aliphatic carbocycles. The quantitative estimate of drug-likeness (QED) is 0.766. The second kappa shape index (κ2) is 6.32. The van der Waals surface area contributed by atoms with Crippen molar-refractivity contribution in [3.05, 3.63) is 58.6 Å². The summed E-state index contributed by atoms with van der Waals surface area (Å²) >= 11 is 3.39. The zero-order valence-electron chi connectivity index (χ0n) is 12.2. The molecule has 22 heavy (non-hydrogen) atoms. The molecule has 3 rings (SSSR count). The van der Waals surface area contributed by atoms with Crippen LogP contribution in [0.2, 0.25) is 0 Å². The summed E-state index contributed by atoms with van der Waals surface area (Å²) in [5.74, 6) is 0.540. The number of hydrogen-bond donors (Lipinski definition) is 1. The van der Waals surface area contributed by atoms with E-state index < -0.39 is 0 Å². The first-order valence-corrected chi connectivity index (χ1v) is 7.96. The summed E-state index contributed by atoms with van der Waals surface area (Å²) in [6, 6.07) is 15.6. The van der Waals surface area contributed by atoms with Crippen LogP contribution in [0.1, 0.15) is 12.5 Å². The van der Waals surface area contributed by atoms with Crippen molar-refractivity contribution in [3.63, 3.8) is 0 Å². The summed E-state index contributed by atoms with van der Waals surface area (Å²) in [5, 5.41) is 2.92. The van der Waals surface area contributed by atoms with E-state index in [0.717, 1.165) is 27.6 Å². The lowest BCUT2D eigenvalue weighted by Gasteiger charge is -2.07. The molecule has 5 heteroatoms. The average Bonchev–Trinajstić information content (AvgIpc) is 2.86. The minimum atomic E-state index is -0.0627. The summed E-state index contributed by atoms with van der Waals surface area (Å²) in [7, 11) is 0. The molecule has 0 atom stereocenters. The Morgan fingerprint density at radius 3 is 2.64 bits per heavy atom. The molecule has 1 amide bonds. The van der Waals surface area contributed by atoms with Gasteiger partial charge in [-0.05, 0) is 36.8 Å². The maximum Gasteiger partial charge on any atom is 0.231 e. The topological polar surface area (TPSA) is 46.9 Å². The van der Waals surface area contributed by atoms with Crippen LogP contribution in [0.25, 0.3) is 11.0 Å². The van der Waals surface area contributed by atoms with E-state index in [2.05, 4.69) is 26.2 Å². The zero-order valence-corrected chi connectivity index (χ0v) is 13.8. The highest BCUT2D eigenvalue weighted by Crippen LogP contribution is 2.19. The van der Waals surface area contributed by atoms with E-state index in [0.29, 0.717) is 12.4 Å². The Morgan fingerprint density at radius 2 is 1.91 bits per heavy atom. The average molecular weight is 358 g/mol. The van der Waals surface area contributed by atoms with E-state index in [1.807, 2.05) is 60.0 Å². The van der Waals surface area contributed by atoms with Crippen LogP contribution in [0.5, 0.6) is 0 Å². The van der Waals surface area contributed by atoms with Gasteiger partial charge in [-0.1, -0.05) is 40.2 Å². The van der Waals surface area contributed by atoms with Gasteiger partial charge < -0.3 is 4.57 Å². The number of carbonyl (C=O) groups is 1. The lowest BCUT2D eigenvalue weighted by molar-refractivity contribution is -0.115. The van der Waals surface area contributed by atoms with Crippen LogP contribution >= 0.6 is 15.9 Å². The van der Waals surface area contributed by atoms with Crippen molar-refractivity contribution in [1.82, 2.24) is 9.55 Å². The summed E-state index contributed by atoms with van der Waals surface area (Å²) in [6.07, 6.45) is 0.334. The molecule has 0 aliphatic rings. The van der Waals surface area contributed by atoms with Crippen LogP contribution in [0.3, 0.4) is 0 Å². The molecule has 0 unspecified atom stereocenters. The van der Waals surface area contributed by atoms with Crippen molar-refractivity contribution in [2.75, 3.05) is 5.32 Å². The second-order valence-electron chi connectivity index (χ2n) is 5.02. The fraction of sp³-hybridized carbons (Fsp3) is 0.176. The number of fused-ring (bicyclic) bond motifs is 1. The summed E-state index contributed by atoms with van der Waals surface area (Å²) < 4.78 is 3.01. The van der Waals surface area contributed by atoms with Gasteiger partial charge in [-0.25, -0.2) is 4.98 Å². The number of nitrogens with zero attached hydrogens (tertiary/aromatic N) is 2. The van der Waals surface area contributed by atoms with Crippen molar-refractivity contribution in [1.29, 1.82) is 0 Å².